The molecule has 0 spiro atoms. The molecule has 3 N–H and O–H groups in total. The third-order valence-corrected chi connectivity index (χ3v) is 3.50. The maximum atomic E-state index is 11.4. The fourth-order valence-electron chi connectivity index (χ4n) is 2.19. The first kappa shape index (κ1) is 21.7. The highest BCUT2D eigenvalue weighted by Crippen LogP contribution is 2.08. The maximum absolute atomic E-state index is 11.4. The molecule has 3 heteroatoms. The normalized spacial score (nSPS) is 10.1. The lowest BCUT2D eigenvalue weighted by atomic mass is 10.1. The second kappa shape index (κ2) is 18.4. The van der Waals surface area contributed by atoms with Gasteiger partial charge in [-0.3, -0.25) is 4.79 Å². The van der Waals surface area contributed by atoms with Gasteiger partial charge in [-0.15, -0.1) is 0 Å². The van der Waals surface area contributed by atoms with Gasteiger partial charge in [0.2, 0.25) is 0 Å². The first-order chi connectivity index (χ1) is 9.31. The Balaban J connectivity index is 0. The Hall–Kier alpha value is -0.570. The molecule has 0 heterocycles. The number of hydrogen-bond acceptors (Lipinski definition) is 3. The van der Waals surface area contributed by atoms with Gasteiger partial charge in [0, 0.05) is 6.42 Å². The second-order valence-electron chi connectivity index (χ2n) is 5.51. The quantitative estimate of drug-likeness (QED) is 0.324. The molecule has 20 heavy (non-hydrogen) atoms. The van der Waals surface area contributed by atoms with Crippen LogP contribution in [0.4, 0.5) is 0 Å². The van der Waals surface area contributed by atoms with E-state index in [9.17, 15) is 4.79 Å². The molecule has 0 saturated carbocycles. The molecule has 0 radical (unpaired) electrons. The van der Waals surface area contributed by atoms with Crippen molar-refractivity contribution in [2.45, 2.75) is 97.3 Å². The van der Waals surface area contributed by atoms with Gasteiger partial charge >= 0.3 is 5.97 Å². The molecule has 122 valence electrons. The molecule has 0 aliphatic heterocycles. The highest BCUT2D eigenvalue weighted by molar-refractivity contribution is 5.69. The number of carbonyl (C=O) groups excluding carboxylic acids is 1. The third-order valence-electron chi connectivity index (χ3n) is 3.50. The fraction of sp³-hybridized carbons (Fsp3) is 0.941. The lowest BCUT2D eigenvalue weighted by Crippen LogP contribution is -2.05. The van der Waals surface area contributed by atoms with Crippen molar-refractivity contribution in [1.82, 2.24) is 6.15 Å². The highest BCUT2D eigenvalue weighted by Gasteiger charge is 2.02. The molecule has 3 nitrogen and oxygen atoms in total. The summed E-state index contributed by atoms with van der Waals surface area (Å²) < 4.78 is 5.24. The molecule has 0 saturated heterocycles. The van der Waals surface area contributed by atoms with Gasteiger partial charge in [0.1, 0.15) is 0 Å². The lowest BCUT2D eigenvalue weighted by molar-refractivity contribution is -0.143. The Bertz CT molecular complexity index is 195. The molecule has 0 aromatic carbocycles. The molecule has 0 fully saturated rings. The van der Waals surface area contributed by atoms with E-state index in [2.05, 4.69) is 13.8 Å². The Morgan fingerprint density at radius 3 is 1.70 bits per heavy atom. The fourth-order valence-corrected chi connectivity index (χ4v) is 2.19. The van der Waals surface area contributed by atoms with E-state index in [1.807, 2.05) is 0 Å². The van der Waals surface area contributed by atoms with Crippen molar-refractivity contribution in [3.05, 3.63) is 0 Å². The molecule has 0 atom stereocenters. The van der Waals surface area contributed by atoms with Crippen LogP contribution in [-0.4, -0.2) is 12.6 Å². The van der Waals surface area contributed by atoms with Crippen LogP contribution in [0.2, 0.25) is 0 Å². The van der Waals surface area contributed by atoms with E-state index in [1.54, 1.807) is 0 Å². The largest absolute Gasteiger partial charge is 0.466 e. The number of rotatable bonds is 14. The van der Waals surface area contributed by atoms with E-state index in [0.717, 1.165) is 12.8 Å². The van der Waals surface area contributed by atoms with E-state index in [1.165, 1.54) is 64.2 Å². The highest BCUT2D eigenvalue weighted by atomic mass is 16.5. The first-order valence-corrected chi connectivity index (χ1v) is 8.46. The summed E-state index contributed by atoms with van der Waals surface area (Å²) in [6, 6.07) is 0. The van der Waals surface area contributed by atoms with Crippen LogP contribution in [0.3, 0.4) is 0 Å². The topological polar surface area (TPSA) is 61.3 Å². The van der Waals surface area contributed by atoms with Crippen LogP contribution in [-0.2, 0) is 9.53 Å². The van der Waals surface area contributed by atoms with E-state index in [4.69, 9.17) is 4.74 Å². The summed E-state index contributed by atoms with van der Waals surface area (Å²) in [4.78, 5) is 11.4. The summed E-state index contributed by atoms with van der Waals surface area (Å²) in [6.07, 6.45) is 15.4. The van der Waals surface area contributed by atoms with Crippen molar-refractivity contribution < 1.29 is 9.53 Å². The smallest absolute Gasteiger partial charge is 0.305 e. The molecule has 0 aliphatic rings. The van der Waals surface area contributed by atoms with Gasteiger partial charge in [-0.2, -0.15) is 0 Å². The van der Waals surface area contributed by atoms with Crippen LogP contribution in [0.15, 0.2) is 0 Å². The molecule has 0 amide bonds. The second-order valence-corrected chi connectivity index (χ2v) is 5.51. The molecule has 0 unspecified atom stereocenters. The Kier molecular flexibility index (Phi) is 20.0. The average Bonchev–Trinajstić information content (AvgIpc) is 2.41. The predicted molar refractivity (Wildman–Crippen MR) is 87.4 cm³/mol. The van der Waals surface area contributed by atoms with Gasteiger partial charge in [-0.1, -0.05) is 78.1 Å². The van der Waals surface area contributed by atoms with Gasteiger partial charge in [0.05, 0.1) is 6.61 Å². The number of carbonyl (C=O) groups is 1. The van der Waals surface area contributed by atoms with Crippen LogP contribution >= 0.6 is 0 Å². The molecule has 0 aromatic heterocycles. The zero-order valence-electron chi connectivity index (χ0n) is 13.9. The summed E-state index contributed by atoms with van der Waals surface area (Å²) in [7, 11) is 0. The minimum Gasteiger partial charge on any atom is -0.466 e. The minimum atomic E-state index is 0. The summed E-state index contributed by atoms with van der Waals surface area (Å²) in [6.45, 7) is 5.07. The van der Waals surface area contributed by atoms with Gasteiger partial charge in [0.15, 0.2) is 0 Å². The van der Waals surface area contributed by atoms with E-state index < -0.39 is 0 Å². The Morgan fingerprint density at radius 1 is 0.700 bits per heavy atom. The standard InChI is InChI=1S/C17H34O2.H3N/c1-3-5-7-9-10-12-14-16-19-17(18)15-13-11-8-6-4-2;/h3-16H2,1-2H3;1H3. The van der Waals surface area contributed by atoms with Gasteiger partial charge in [0.25, 0.3) is 0 Å². The lowest BCUT2D eigenvalue weighted by Gasteiger charge is -2.05. The SMILES string of the molecule is CCCCCCCCCOC(=O)CCCCCCC.N. The summed E-state index contributed by atoms with van der Waals surface area (Å²) in [5.41, 5.74) is 0. The van der Waals surface area contributed by atoms with Crippen molar-refractivity contribution in [3.63, 3.8) is 0 Å². The van der Waals surface area contributed by atoms with E-state index in [-0.39, 0.29) is 12.1 Å². The molecule has 0 bridgehead atoms. The van der Waals surface area contributed by atoms with Gasteiger partial charge in [-0.05, 0) is 12.8 Å². The number of ether oxygens (including phenoxy) is 1. The third kappa shape index (κ3) is 17.4. The van der Waals surface area contributed by atoms with Crippen LogP contribution in [0.1, 0.15) is 97.3 Å². The zero-order chi connectivity index (χ0) is 14.2. The molecular formula is C17H37NO2. The van der Waals surface area contributed by atoms with Crippen molar-refractivity contribution >= 4 is 5.97 Å². The molecular weight excluding hydrogens is 250 g/mol. The first-order valence-electron chi connectivity index (χ1n) is 8.46. The molecule has 0 aliphatic carbocycles. The Morgan fingerprint density at radius 2 is 1.15 bits per heavy atom. The zero-order valence-corrected chi connectivity index (χ0v) is 13.9. The van der Waals surface area contributed by atoms with Crippen molar-refractivity contribution in [2.75, 3.05) is 6.61 Å². The van der Waals surface area contributed by atoms with Crippen LogP contribution in [0, 0.1) is 0 Å². The molecule has 0 rings (SSSR count). The van der Waals surface area contributed by atoms with Crippen molar-refractivity contribution in [3.8, 4) is 0 Å². The van der Waals surface area contributed by atoms with Gasteiger partial charge in [-0.25, -0.2) is 0 Å². The van der Waals surface area contributed by atoms with Crippen molar-refractivity contribution in [1.29, 1.82) is 0 Å². The average molecular weight is 287 g/mol. The summed E-state index contributed by atoms with van der Waals surface area (Å²) in [5.74, 6) is 0.00230. The van der Waals surface area contributed by atoms with Gasteiger partial charge < -0.3 is 10.9 Å². The van der Waals surface area contributed by atoms with E-state index in [0.29, 0.717) is 13.0 Å². The number of esters is 1. The van der Waals surface area contributed by atoms with Crippen LogP contribution in [0.5, 0.6) is 0 Å². The van der Waals surface area contributed by atoms with E-state index >= 15 is 0 Å². The number of hydrogen-bond donors (Lipinski definition) is 1. The van der Waals surface area contributed by atoms with Crippen LogP contribution < -0.4 is 6.15 Å². The van der Waals surface area contributed by atoms with Crippen LogP contribution in [0.25, 0.3) is 0 Å². The summed E-state index contributed by atoms with van der Waals surface area (Å²) in [5, 5.41) is 0. The maximum Gasteiger partial charge on any atom is 0.305 e. The summed E-state index contributed by atoms with van der Waals surface area (Å²) >= 11 is 0. The Labute approximate surface area is 126 Å². The minimum absolute atomic E-state index is 0. The number of unbranched alkanes of at least 4 members (excludes halogenated alkanes) is 10. The predicted octanol–water partition coefficient (Wildman–Crippen LogP) is 5.80. The molecule has 0 aromatic rings. The van der Waals surface area contributed by atoms with Crippen molar-refractivity contribution in [2.24, 2.45) is 0 Å². The monoisotopic (exact) mass is 287 g/mol.